The van der Waals surface area contributed by atoms with E-state index in [-0.39, 0.29) is 37.5 Å². The van der Waals surface area contributed by atoms with Crippen LogP contribution in [0.1, 0.15) is 12.8 Å². The van der Waals surface area contributed by atoms with Crippen molar-refractivity contribution in [1.82, 2.24) is 4.90 Å². The molecule has 4 nitrogen and oxygen atoms in total. The van der Waals surface area contributed by atoms with E-state index >= 15 is 0 Å². The Morgan fingerprint density at radius 2 is 2.33 bits per heavy atom. The van der Waals surface area contributed by atoms with Crippen LogP contribution >= 0.6 is 7.92 Å². The standard InChI is InChI=1S/C6H8NO3P.Na/c8-6(9)5-2-1-3-7(5)4-11-10;/h5H,1-3H2,(H,8,9);/q;+1/p-1/t5-;/m0./s1. The molecule has 0 amide bonds. The van der Waals surface area contributed by atoms with Crippen molar-refractivity contribution in [3.8, 4) is 5.75 Å². The quantitative estimate of drug-likeness (QED) is 0.320. The van der Waals surface area contributed by atoms with Crippen LogP contribution in [0.3, 0.4) is 0 Å². The Morgan fingerprint density at radius 3 is 2.83 bits per heavy atom. The predicted molar refractivity (Wildman–Crippen MR) is 36.2 cm³/mol. The zero-order chi connectivity index (χ0) is 8.27. The average Bonchev–Trinajstić information content (AvgIpc) is 2.36. The maximum Gasteiger partial charge on any atom is 1.00 e. The molecule has 0 aliphatic carbocycles. The maximum absolute atomic E-state index is 10.4. The maximum atomic E-state index is 10.4. The van der Waals surface area contributed by atoms with Crippen LogP contribution in [-0.2, 0) is 9.36 Å². The minimum atomic E-state index is -1.11. The summed E-state index contributed by atoms with van der Waals surface area (Å²) in [7, 11) is -0.270. The number of likely N-dealkylation sites (tertiary alicyclic amines) is 1. The molecule has 60 valence electrons. The molecule has 1 aliphatic rings. The number of carbonyl (C=O) groups excluding carboxylic acids is 1. The van der Waals surface area contributed by atoms with Crippen LogP contribution in [0, 0.1) is 5.75 Å². The summed E-state index contributed by atoms with van der Waals surface area (Å²) in [6.07, 6.45) is 1.35. The second-order valence-electron chi connectivity index (χ2n) is 2.36. The van der Waals surface area contributed by atoms with Crippen molar-refractivity contribution in [2.45, 2.75) is 18.9 Å². The van der Waals surface area contributed by atoms with E-state index in [1.165, 1.54) is 4.90 Å². The number of carbonyl (C=O) groups is 1. The zero-order valence-corrected chi connectivity index (χ0v) is 9.71. The van der Waals surface area contributed by atoms with Gasteiger partial charge in [0.25, 0.3) is 0 Å². The third-order valence-corrected chi connectivity index (χ3v) is 2.03. The summed E-state index contributed by atoms with van der Waals surface area (Å²) in [6.45, 7) is 0.605. The van der Waals surface area contributed by atoms with Crippen molar-refractivity contribution in [2.75, 3.05) is 6.54 Å². The van der Waals surface area contributed by atoms with E-state index in [0.717, 1.165) is 6.42 Å². The van der Waals surface area contributed by atoms with Crippen LogP contribution in [0.2, 0.25) is 0 Å². The first-order valence-corrected chi connectivity index (χ1v) is 4.12. The Balaban J connectivity index is 0.00000121. The Bertz CT molecular complexity index is 263. The molecule has 1 atom stereocenters. The van der Waals surface area contributed by atoms with Gasteiger partial charge in [-0.1, -0.05) is 0 Å². The van der Waals surface area contributed by atoms with Gasteiger partial charge < -0.3 is 0 Å². The van der Waals surface area contributed by atoms with E-state index in [1.54, 1.807) is 0 Å². The van der Waals surface area contributed by atoms with Gasteiger partial charge in [-0.2, -0.15) is 0 Å². The van der Waals surface area contributed by atoms with Crippen molar-refractivity contribution >= 4 is 13.9 Å². The Labute approximate surface area is 93.7 Å². The molecule has 6 heteroatoms. The molecule has 0 N–H and O–H groups in total. The van der Waals surface area contributed by atoms with Gasteiger partial charge in [-0.05, 0) is 0 Å². The van der Waals surface area contributed by atoms with Crippen molar-refractivity contribution in [3.63, 3.8) is 0 Å². The molecule has 0 unspecified atom stereocenters. The molecule has 0 aromatic carbocycles. The minimum Gasteiger partial charge on any atom is 1.00 e. The summed E-state index contributed by atoms with van der Waals surface area (Å²) in [5, 5.41) is 10.4. The van der Waals surface area contributed by atoms with E-state index in [0.29, 0.717) is 13.0 Å². The van der Waals surface area contributed by atoms with Crippen molar-refractivity contribution in [1.29, 1.82) is 0 Å². The minimum absolute atomic E-state index is 0. The van der Waals surface area contributed by atoms with Crippen LogP contribution in [0.25, 0.3) is 0 Å². The van der Waals surface area contributed by atoms with Gasteiger partial charge in [0.15, 0.2) is 0 Å². The van der Waals surface area contributed by atoms with Gasteiger partial charge in [0, 0.05) is 0 Å². The molecule has 12 heavy (non-hydrogen) atoms. The summed E-state index contributed by atoms with van der Waals surface area (Å²) < 4.78 is 10.1. The fourth-order valence-electron chi connectivity index (χ4n) is 1.18. The first kappa shape index (κ1) is 12.4. The second-order valence-corrected chi connectivity index (χ2v) is 2.74. The molecule has 0 radical (unpaired) electrons. The summed E-state index contributed by atoms with van der Waals surface area (Å²) >= 11 is 0. The molecule has 1 heterocycles. The number of rotatable bonds is 1. The summed E-state index contributed by atoms with van der Waals surface area (Å²) in [5.41, 5.74) is 0. The van der Waals surface area contributed by atoms with Gasteiger partial charge in [-0.3, -0.25) is 0 Å². The topological polar surface area (TPSA) is 60.4 Å². The number of nitrogens with zero attached hydrogens (tertiary/aromatic N) is 1. The van der Waals surface area contributed by atoms with Crippen molar-refractivity contribution < 1.29 is 44.0 Å². The zero-order valence-electron chi connectivity index (χ0n) is 6.82. The summed E-state index contributed by atoms with van der Waals surface area (Å²) in [5.74, 6) is 1.29. The number of hydrogen-bond donors (Lipinski definition) is 0. The van der Waals surface area contributed by atoms with Gasteiger partial charge in [-0.15, -0.1) is 0 Å². The van der Waals surface area contributed by atoms with Gasteiger partial charge >= 0.3 is 94.0 Å². The third-order valence-electron chi connectivity index (χ3n) is 1.69. The molecular formula is C6H7NNaO3P. The number of aliphatic carboxylic acids is 1. The molecule has 0 aromatic rings. The Morgan fingerprint density at radius 1 is 1.67 bits per heavy atom. The molecule has 1 aliphatic heterocycles. The first-order valence-electron chi connectivity index (χ1n) is 3.31. The van der Waals surface area contributed by atoms with Crippen LogP contribution < -0.4 is 34.7 Å². The van der Waals surface area contributed by atoms with Crippen LogP contribution in [0.4, 0.5) is 0 Å². The summed E-state index contributed by atoms with van der Waals surface area (Å²) in [6, 6.07) is -0.628. The molecule has 1 fully saturated rings. The van der Waals surface area contributed by atoms with Gasteiger partial charge in [0.05, 0.1) is 0 Å². The molecule has 1 rings (SSSR count). The molecule has 0 saturated carbocycles. The largest absolute Gasteiger partial charge is 1.00 e. The number of hydrogen-bond acceptors (Lipinski definition) is 4. The van der Waals surface area contributed by atoms with E-state index in [9.17, 15) is 14.5 Å². The fraction of sp³-hybridized carbons (Fsp3) is 0.667. The molecular weight excluding hydrogens is 188 g/mol. The monoisotopic (exact) mass is 195 g/mol. The third kappa shape index (κ3) is 3.06. The van der Waals surface area contributed by atoms with Crippen molar-refractivity contribution in [2.24, 2.45) is 0 Å². The van der Waals surface area contributed by atoms with Crippen LogP contribution in [0.5, 0.6) is 0 Å². The Hall–Kier alpha value is 0.440. The summed E-state index contributed by atoms with van der Waals surface area (Å²) in [4.78, 5) is 11.8. The Kier molecular flexibility index (Phi) is 6.20. The van der Waals surface area contributed by atoms with E-state index in [2.05, 4.69) is 5.75 Å². The fourth-order valence-corrected chi connectivity index (χ4v) is 1.53. The molecule has 1 saturated heterocycles. The van der Waals surface area contributed by atoms with Gasteiger partial charge in [-0.25, -0.2) is 0 Å². The number of carboxylic acid groups (broad SMARTS) is 1. The van der Waals surface area contributed by atoms with Crippen LogP contribution in [0.15, 0.2) is 0 Å². The molecule has 0 aromatic heterocycles. The predicted octanol–water partition coefficient (Wildman–Crippen LogP) is -3.59. The van der Waals surface area contributed by atoms with Gasteiger partial charge in [0.1, 0.15) is 0 Å². The average molecular weight is 195 g/mol. The van der Waals surface area contributed by atoms with Crippen molar-refractivity contribution in [3.05, 3.63) is 0 Å². The van der Waals surface area contributed by atoms with Gasteiger partial charge in [0.2, 0.25) is 0 Å². The SMILES string of the molecule is O=P#CN1CCC[C@H]1C(=O)[O-].[Na+]. The molecule has 0 bridgehead atoms. The number of carboxylic acids is 1. The van der Waals surface area contributed by atoms with Crippen LogP contribution in [-0.4, -0.2) is 23.5 Å². The van der Waals surface area contributed by atoms with E-state index in [4.69, 9.17) is 0 Å². The smallest absolute Gasteiger partial charge is 1.00 e. The normalized spacial score (nSPS) is 22.5. The first-order chi connectivity index (χ1) is 5.25. The van der Waals surface area contributed by atoms with E-state index < -0.39 is 12.0 Å². The second kappa shape index (κ2) is 5.98. The van der Waals surface area contributed by atoms with E-state index in [1.807, 2.05) is 0 Å². The molecule has 0 spiro atoms.